The number of halogens is 1. The first-order valence-electron chi connectivity index (χ1n) is 10.5. The minimum Gasteiger partial charge on any atom is -0.354 e. The van der Waals surface area contributed by atoms with E-state index in [9.17, 15) is 18.2 Å². The molecule has 9 heteroatoms. The number of carbonyl (C=O) groups is 2. The van der Waals surface area contributed by atoms with Crippen LogP contribution in [0, 0.1) is 5.82 Å². The predicted molar refractivity (Wildman–Crippen MR) is 125 cm³/mol. The van der Waals surface area contributed by atoms with Crippen LogP contribution >= 0.6 is 0 Å². The summed E-state index contributed by atoms with van der Waals surface area (Å²) >= 11 is 0. The van der Waals surface area contributed by atoms with Crippen LogP contribution in [-0.4, -0.2) is 43.1 Å². The van der Waals surface area contributed by atoms with E-state index in [-0.39, 0.29) is 30.4 Å². The van der Waals surface area contributed by atoms with E-state index in [1.165, 1.54) is 31.3 Å². The molecule has 0 spiro atoms. The summed E-state index contributed by atoms with van der Waals surface area (Å²) in [5.41, 5.74) is 1.63. The van der Waals surface area contributed by atoms with Gasteiger partial charge in [-0.25, -0.2) is 8.60 Å². The highest BCUT2D eigenvalue weighted by Crippen LogP contribution is 2.36. The minimum atomic E-state index is -1.64. The predicted octanol–water partition coefficient (Wildman–Crippen LogP) is 3.50. The number of nitrogens with zero attached hydrogens (tertiary/aromatic N) is 1. The van der Waals surface area contributed by atoms with Crippen molar-refractivity contribution in [1.82, 2.24) is 5.32 Å². The molecule has 1 N–H and O–H groups in total. The van der Waals surface area contributed by atoms with E-state index >= 15 is 0 Å². The smallest absolute Gasteiger partial charge is 0.259 e. The molecule has 0 aliphatic carbocycles. The molecule has 0 radical (unpaired) electrons. The molecular weight excluding hydrogens is 459 g/mol. The molecule has 0 bridgehead atoms. The van der Waals surface area contributed by atoms with Crippen molar-refractivity contribution >= 4 is 28.3 Å². The molecule has 1 aliphatic heterocycles. The largest absolute Gasteiger partial charge is 0.354 e. The van der Waals surface area contributed by atoms with Gasteiger partial charge in [-0.15, -0.1) is 0 Å². The summed E-state index contributed by atoms with van der Waals surface area (Å²) in [4.78, 5) is 28.6. The second kappa shape index (κ2) is 10.3. The van der Waals surface area contributed by atoms with Crippen LogP contribution in [0.3, 0.4) is 0 Å². The van der Waals surface area contributed by atoms with Gasteiger partial charge in [0.1, 0.15) is 5.82 Å². The second-order valence-corrected chi connectivity index (χ2v) is 8.99. The maximum atomic E-state index is 13.6. The first kappa shape index (κ1) is 23.7. The van der Waals surface area contributed by atoms with Crippen molar-refractivity contribution in [3.05, 3.63) is 89.2 Å². The molecule has 1 heterocycles. The summed E-state index contributed by atoms with van der Waals surface area (Å²) in [5.74, 6) is -1.14. The Hall–Kier alpha value is -3.40. The van der Waals surface area contributed by atoms with Crippen LogP contribution in [0.5, 0.6) is 0 Å². The Kier molecular flexibility index (Phi) is 7.16. The Bertz CT molecular complexity index is 1240. The summed E-state index contributed by atoms with van der Waals surface area (Å²) in [6.45, 7) is 0.233. The van der Waals surface area contributed by atoms with Crippen LogP contribution < -0.4 is 10.2 Å². The van der Waals surface area contributed by atoms with Gasteiger partial charge in [0.25, 0.3) is 11.8 Å². The minimum absolute atomic E-state index is 0.109. The number of methoxy groups -OCH3 is 2. The number of carbonyl (C=O) groups excluding carboxylic acids is 2. The van der Waals surface area contributed by atoms with Gasteiger partial charge < -0.3 is 19.7 Å². The maximum absolute atomic E-state index is 13.6. The van der Waals surface area contributed by atoms with E-state index in [4.69, 9.17) is 9.47 Å². The van der Waals surface area contributed by atoms with Gasteiger partial charge in [-0.1, -0.05) is 24.3 Å². The van der Waals surface area contributed by atoms with Crippen molar-refractivity contribution in [2.24, 2.45) is 0 Å². The fourth-order valence-electron chi connectivity index (χ4n) is 3.67. The van der Waals surface area contributed by atoms with Crippen LogP contribution in [-0.2, 0) is 26.8 Å². The van der Waals surface area contributed by atoms with Gasteiger partial charge in [-0.3, -0.25) is 9.59 Å². The topological polar surface area (TPSA) is 84.9 Å². The fraction of sp³-hybridized carbons (Fsp3) is 0.200. The Morgan fingerprint density at radius 1 is 1.03 bits per heavy atom. The number of benzene rings is 3. The van der Waals surface area contributed by atoms with Gasteiger partial charge in [-0.2, -0.15) is 0 Å². The summed E-state index contributed by atoms with van der Waals surface area (Å²) in [6.07, 6.45) is -0.608. The van der Waals surface area contributed by atoms with E-state index in [0.29, 0.717) is 26.6 Å². The van der Waals surface area contributed by atoms with E-state index in [1.807, 2.05) is 0 Å². The number of rotatable bonds is 7. The monoisotopic (exact) mass is 482 g/mol. The lowest BCUT2D eigenvalue weighted by Gasteiger charge is -2.24. The zero-order valence-electron chi connectivity index (χ0n) is 18.6. The summed E-state index contributed by atoms with van der Waals surface area (Å²) in [6, 6.07) is 17.2. The number of nitrogens with one attached hydrogen (secondary N) is 1. The molecule has 0 unspecified atom stereocenters. The number of anilines is 1. The highest BCUT2D eigenvalue weighted by Gasteiger charge is 2.31. The molecule has 0 fully saturated rings. The van der Waals surface area contributed by atoms with E-state index in [1.54, 1.807) is 54.6 Å². The average Bonchev–Trinajstić information content (AvgIpc) is 2.95. The Morgan fingerprint density at radius 2 is 1.74 bits per heavy atom. The third-order valence-corrected chi connectivity index (χ3v) is 6.98. The molecule has 0 aromatic heterocycles. The van der Waals surface area contributed by atoms with E-state index in [0.717, 1.165) is 0 Å². The Labute approximate surface area is 198 Å². The number of hydrogen-bond donors (Lipinski definition) is 1. The van der Waals surface area contributed by atoms with Crippen molar-refractivity contribution in [3.8, 4) is 0 Å². The molecule has 0 saturated carbocycles. The molecule has 2 amide bonds. The Balaban J connectivity index is 1.76. The van der Waals surface area contributed by atoms with Crippen molar-refractivity contribution in [1.29, 1.82) is 0 Å². The van der Waals surface area contributed by atoms with Gasteiger partial charge in [0.15, 0.2) is 6.29 Å². The highest BCUT2D eigenvalue weighted by atomic mass is 32.2. The van der Waals surface area contributed by atoms with E-state index < -0.39 is 23.0 Å². The van der Waals surface area contributed by atoms with Crippen LogP contribution in [0.25, 0.3) is 0 Å². The quantitative estimate of drug-likeness (QED) is 0.521. The summed E-state index contributed by atoms with van der Waals surface area (Å²) in [7, 11) is 1.29. The maximum Gasteiger partial charge on any atom is 0.259 e. The fourth-order valence-corrected chi connectivity index (χ4v) is 5.02. The molecule has 4 rings (SSSR count). The van der Waals surface area contributed by atoms with Gasteiger partial charge in [0.2, 0.25) is 0 Å². The average molecular weight is 483 g/mol. The second-order valence-electron chi connectivity index (χ2n) is 7.58. The summed E-state index contributed by atoms with van der Waals surface area (Å²) in [5, 5.41) is 2.72. The first-order chi connectivity index (χ1) is 16.4. The SMILES string of the molecule is COC(CNC(=O)c1ccc2c(c1)N(Cc1ccc(F)cc1)C(=O)c1ccccc1[S@]2=O)OC. The molecule has 34 heavy (non-hydrogen) atoms. The zero-order valence-corrected chi connectivity index (χ0v) is 19.4. The third-order valence-electron chi connectivity index (χ3n) is 5.48. The van der Waals surface area contributed by atoms with Crippen molar-refractivity contribution in [3.63, 3.8) is 0 Å². The lowest BCUT2D eigenvalue weighted by molar-refractivity contribution is -0.0974. The molecule has 0 saturated heterocycles. The lowest BCUT2D eigenvalue weighted by atomic mass is 10.1. The van der Waals surface area contributed by atoms with Gasteiger partial charge in [-0.05, 0) is 48.0 Å². The number of hydrogen-bond acceptors (Lipinski definition) is 5. The standard InChI is InChI=1S/C25H23FN2O5S/c1-32-23(33-2)14-27-24(29)17-9-12-22-20(13-17)28(15-16-7-10-18(26)11-8-16)25(30)19-5-3-4-6-21(19)34(22)31/h3-13,23H,14-15H2,1-2H3,(H,27,29)/t34-/m1/s1. The molecule has 7 nitrogen and oxygen atoms in total. The molecule has 3 aromatic carbocycles. The van der Waals surface area contributed by atoms with Crippen LogP contribution in [0.1, 0.15) is 26.3 Å². The van der Waals surface area contributed by atoms with Crippen molar-refractivity contribution in [2.45, 2.75) is 22.6 Å². The van der Waals surface area contributed by atoms with Crippen molar-refractivity contribution < 1.29 is 27.7 Å². The van der Waals surface area contributed by atoms with Crippen molar-refractivity contribution in [2.75, 3.05) is 25.7 Å². The first-order valence-corrected chi connectivity index (χ1v) is 11.6. The molecular formula is C25H23FN2O5S. The highest BCUT2D eigenvalue weighted by molar-refractivity contribution is 7.85. The van der Waals surface area contributed by atoms with Gasteiger partial charge >= 0.3 is 0 Å². The molecule has 3 aromatic rings. The lowest BCUT2D eigenvalue weighted by Crippen LogP contribution is -2.34. The Morgan fingerprint density at radius 3 is 2.44 bits per heavy atom. The number of amides is 2. The van der Waals surface area contributed by atoms with Crippen LogP contribution in [0.2, 0.25) is 0 Å². The van der Waals surface area contributed by atoms with Crippen LogP contribution in [0.15, 0.2) is 76.5 Å². The molecule has 1 atom stereocenters. The third kappa shape index (κ3) is 4.77. The van der Waals surface area contributed by atoms with Gasteiger partial charge in [0, 0.05) is 19.8 Å². The number of ether oxygens (including phenoxy) is 2. The zero-order chi connectivity index (χ0) is 24.2. The normalized spacial score (nSPS) is 15.0. The number of fused-ring (bicyclic) bond motifs is 2. The van der Waals surface area contributed by atoms with E-state index in [2.05, 4.69) is 5.32 Å². The van der Waals surface area contributed by atoms with Gasteiger partial charge in [0.05, 0.1) is 44.9 Å². The van der Waals surface area contributed by atoms with Crippen LogP contribution in [0.4, 0.5) is 10.1 Å². The summed E-state index contributed by atoms with van der Waals surface area (Å²) < 4.78 is 37.1. The molecule has 176 valence electrons. The molecule has 1 aliphatic rings.